The normalized spacial score (nSPS) is 17.7. The van der Waals surface area contributed by atoms with Crippen LogP contribution < -0.4 is 4.74 Å². The summed E-state index contributed by atoms with van der Waals surface area (Å²) in [6, 6.07) is 7.90. The number of unbranched alkanes of at least 4 members (excludes halogenated alkanes) is 2. The van der Waals surface area contributed by atoms with Crippen LogP contribution in [0, 0.1) is 0 Å². The first kappa shape index (κ1) is 21.6. The van der Waals surface area contributed by atoms with Gasteiger partial charge in [-0.3, -0.25) is 4.90 Å². The molecule has 7 nitrogen and oxygen atoms in total. The Balaban J connectivity index is 1.07. The van der Waals surface area contributed by atoms with E-state index in [1.165, 1.54) is 0 Å². The number of para-hydroxylation sites is 1. The van der Waals surface area contributed by atoms with Crippen molar-refractivity contribution in [2.75, 3.05) is 53.0 Å². The van der Waals surface area contributed by atoms with Crippen LogP contribution >= 0.6 is 0 Å². The summed E-state index contributed by atoms with van der Waals surface area (Å²) in [6.07, 6.45) is 9.28. The quantitative estimate of drug-likeness (QED) is 0.540. The average molecular weight is 425 g/mol. The molecule has 4 rings (SSSR count). The van der Waals surface area contributed by atoms with Crippen molar-refractivity contribution < 1.29 is 14.2 Å². The lowest BCUT2D eigenvalue weighted by molar-refractivity contribution is 0.137. The zero-order valence-corrected chi connectivity index (χ0v) is 18.3. The van der Waals surface area contributed by atoms with Gasteiger partial charge in [-0.15, -0.1) is 0 Å². The average Bonchev–Trinajstić information content (AvgIpc) is 2.81. The highest BCUT2D eigenvalue weighted by Gasteiger charge is 2.17. The molecule has 2 aliphatic rings. The van der Waals surface area contributed by atoms with E-state index in [1.54, 1.807) is 12.6 Å². The van der Waals surface area contributed by atoms with Crippen LogP contribution in [0.3, 0.4) is 0 Å². The van der Waals surface area contributed by atoms with Gasteiger partial charge in [-0.1, -0.05) is 12.1 Å². The van der Waals surface area contributed by atoms with Gasteiger partial charge in [0, 0.05) is 32.6 Å². The van der Waals surface area contributed by atoms with Crippen molar-refractivity contribution in [2.45, 2.75) is 25.7 Å². The van der Waals surface area contributed by atoms with Crippen LogP contribution in [0.5, 0.6) is 5.88 Å². The molecule has 31 heavy (non-hydrogen) atoms. The molecular formula is C24H32N4O3. The molecule has 7 heteroatoms. The first-order chi connectivity index (χ1) is 15.3. The van der Waals surface area contributed by atoms with Crippen molar-refractivity contribution in [1.29, 1.82) is 0 Å². The Morgan fingerprint density at radius 1 is 0.968 bits per heavy atom. The minimum Gasteiger partial charge on any atom is -0.494 e. The van der Waals surface area contributed by atoms with Crippen LogP contribution in [0.2, 0.25) is 0 Å². The van der Waals surface area contributed by atoms with E-state index in [9.17, 15) is 0 Å². The molecule has 3 heterocycles. The minimum atomic E-state index is 0.644. The van der Waals surface area contributed by atoms with Crippen molar-refractivity contribution in [2.24, 2.45) is 0 Å². The SMILES string of the molecule is CN1CCN(CC2=CCC(OCCCCCOc3ncnc4ccccc34)=CO2)CC1. The predicted octanol–water partition coefficient (Wildman–Crippen LogP) is 3.59. The molecule has 1 fully saturated rings. The highest BCUT2D eigenvalue weighted by molar-refractivity contribution is 5.82. The molecule has 0 saturated carbocycles. The third-order valence-electron chi connectivity index (χ3n) is 5.67. The lowest BCUT2D eigenvalue weighted by Gasteiger charge is -2.32. The molecule has 0 bridgehead atoms. The maximum atomic E-state index is 5.87. The van der Waals surface area contributed by atoms with Gasteiger partial charge in [0.1, 0.15) is 24.1 Å². The van der Waals surface area contributed by atoms with Crippen LogP contribution in [0.15, 0.2) is 54.4 Å². The molecule has 0 radical (unpaired) electrons. The molecule has 166 valence electrons. The Hall–Kier alpha value is -2.64. The third kappa shape index (κ3) is 6.42. The Bertz CT molecular complexity index is 901. The van der Waals surface area contributed by atoms with E-state index >= 15 is 0 Å². The first-order valence-corrected chi connectivity index (χ1v) is 11.2. The van der Waals surface area contributed by atoms with Gasteiger partial charge in [0.2, 0.25) is 5.88 Å². The Kier molecular flexibility index (Phi) is 7.74. The van der Waals surface area contributed by atoms with Crippen molar-refractivity contribution in [3.05, 3.63) is 54.4 Å². The van der Waals surface area contributed by atoms with Gasteiger partial charge in [-0.2, -0.15) is 0 Å². The van der Waals surface area contributed by atoms with Crippen LogP contribution in [-0.2, 0) is 9.47 Å². The fraction of sp³-hybridized carbons (Fsp3) is 0.500. The number of aromatic nitrogens is 2. The molecule has 2 aliphatic heterocycles. The molecule has 1 aromatic carbocycles. The number of hydrogen-bond donors (Lipinski definition) is 0. The smallest absolute Gasteiger partial charge is 0.224 e. The molecule has 0 aliphatic carbocycles. The number of nitrogens with zero attached hydrogens (tertiary/aromatic N) is 4. The molecule has 1 saturated heterocycles. The fourth-order valence-electron chi connectivity index (χ4n) is 3.72. The van der Waals surface area contributed by atoms with Crippen molar-refractivity contribution in [1.82, 2.24) is 19.8 Å². The van der Waals surface area contributed by atoms with Gasteiger partial charge in [0.15, 0.2) is 0 Å². The number of fused-ring (bicyclic) bond motifs is 1. The molecule has 0 amide bonds. The van der Waals surface area contributed by atoms with Crippen LogP contribution in [-0.4, -0.2) is 72.8 Å². The van der Waals surface area contributed by atoms with E-state index in [0.29, 0.717) is 19.1 Å². The number of piperazine rings is 1. The van der Waals surface area contributed by atoms with Crippen LogP contribution in [0.4, 0.5) is 0 Å². The standard InChI is InChI=1S/C24H32N4O3/c1-27-11-13-28(14-12-27)17-20-9-10-21(18-31-20)29-15-5-2-6-16-30-24-22-7-3-4-8-23(22)25-19-26-24/h3-4,7-9,18-19H,2,5-6,10-17H2,1H3. The number of rotatable bonds is 10. The Labute approximate surface area is 184 Å². The summed E-state index contributed by atoms with van der Waals surface area (Å²) in [7, 11) is 2.17. The van der Waals surface area contributed by atoms with E-state index in [2.05, 4.69) is 32.9 Å². The number of benzene rings is 1. The zero-order chi connectivity index (χ0) is 21.3. The minimum absolute atomic E-state index is 0.644. The van der Waals surface area contributed by atoms with Crippen LogP contribution in [0.25, 0.3) is 10.9 Å². The second-order valence-electron chi connectivity index (χ2n) is 8.11. The first-order valence-electron chi connectivity index (χ1n) is 11.2. The number of likely N-dealkylation sites (N-methyl/N-ethyl adjacent to an activating group) is 1. The van der Waals surface area contributed by atoms with Gasteiger partial charge in [-0.25, -0.2) is 9.97 Å². The fourth-order valence-corrected chi connectivity index (χ4v) is 3.72. The highest BCUT2D eigenvalue weighted by Crippen LogP contribution is 2.21. The molecule has 1 aromatic heterocycles. The van der Waals surface area contributed by atoms with Gasteiger partial charge >= 0.3 is 0 Å². The van der Waals surface area contributed by atoms with E-state index in [4.69, 9.17) is 14.2 Å². The summed E-state index contributed by atoms with van der Waals surface area (Å²) in [4.78, 5) is 13.3. The van der Waals surface area contributed by atoms with Gasteiger partial charge in [0.05, 0.1) is 30.7 Å². The highest BCUT2D eigenvalue weighted by atomic mass is 16.5. The van der Waals surface area contributed by atoms with E-state index < -0.39 is 0 Å². The number of hydrogen-bond acceptors (Lipinski definition) is 7. The molecule has 0 atom stereocenters. The lowest BCUT2D eigenvalue weighted by atomic mass is 10.2. The monoisotopic (exact) mass is 424 g/mol. The van der Waals surface area contributed by atoms with Crippen molar-refractivity contribution >= 4 is 10.9 Å². The number of allylic oxidation sites excluding steroid dienone is 1. The van der Waals surface area contributed by atoms with Gasteiger partial charge < -0.3 is 19.1 Å². The summed E-state index contributed by atoms with van der Waals surface area (Å²) in [6.45, 7) is 6.68. The van der Waals surface area contributed by atoms with E-state index in [0.717, 1.165) is 80.8 Å². The molecule has 0 unspecified atom stereocenters. The zero-order valence-electron chi connectivity index (χ0n) is 18.3. The van der Waals surface area contributed by atoms with Crippen molar-refractivity contribution in [3.63, 3.8) is 0 Å². The Morgan fingerprint density at radius 2 is 1.77 bits per heavy atom. The summed E-state index contributed by atoms with van der Waals surface area (Å²) in [5, 5.41) is 0.956. The second-order valence-corrected chi connectivity index (χ2v) is 8.11. The summed E-state index contributed by atoms with van der Waals surface area (Å²) < 4.78 is 17.5. The lowest BCUT2D eigenvalue weighted by Crippen LogP contribution is -2.45. The summed E-state index contributed by atoms with van der Waals surface area (Å²) in [5.74, 6) is 2.60. The molecule has 2 aromatic rings. The maximum Gasteiger partial charge on any atom is 0.224 e. The van der Waals surface area contributed by atoms with E-state index in [-0.39, 0.29) is 0 Å². The maximum absolute atomic E-state index is 5.87. The molecule has 0 spiro atoms. The summed E-state index contributed by atoms with van der Waals surface area (Å²) in [5.41, 5.74) is 0.907. The Morgan fingerprint density at radius 3 is 2.58 bits per heavy atom. The second kappa shape index (κ2) is 11.1. The topological polar surface area (TPSA) is 60.0 Å². The molecule has 0 N–H and O–H groups in total. The van der Waals surface area contributed by atoms with Crippen LogP contribution in [0.1, 0.15) is 25.7 Å². The van der Waals surface area contributed by atoms with E-state index in [1.807, 2.05) is 24.3 Å². The van der Waals surface area contributed by atoms with Crippen molar-refractivity contribution in [3.8, 4) is 5.88 Å². The van der Waals surface area contributed by atoms with Gasteiger partial charge in [0.25, 0.3) is 0 Å². The largest absolute Gasteiger partial charge is 0.494 e. The molecular weight excluding hydrogens is 392 g/mol. The number of ether oxygens (including phenoxy) is 3. The van der Waals surface area contributed by atoms with Gasteiger partial charge in [-0.05, 0) is 44.5 Å². The third-order valence-corrected chi connectivity index (χ3v) is 5.67. The summed E-state index contributed by atoms with van der Waals surface area (Å²) >= 11 is 0. The predicted molar refractivity (Wildman–Crippen MR) is 121 cm³/mol.